The van der Waals surface area contributed by atoms with E-state index in [-0.39, 0.29) is 23.5 Å². The molecule has 0 saturated carbocycles. The predicted molar refractivity (Wildman–Crippen MR) is 129 cm³/mol. The molecule has 2 heterocycles. The molecule has 32 heavy (non-hydrogen) atoms. The van der Waals surface area contributed by atoms with E-state index >= 15 is 0 Å². The number of thioether (sulfide) groups is 1. The Hall–Kier alpha value is -2.58. The van der Waals surface area contributed by atoms with E-state index in [1.165, 1.54) is 17.3 Å². The summed E-state index contributed by atoms with van der Waals surface area (Å²) in [6.07, 6.45) is 2.34. The smallest absolute Gasteiger partial charge is 0.235 e. The van der Waals surface area contributed by atoms with Crippen LogP contribution in [0.5, 0.6) is 0 Å². The molecule has 0 spiro atoms. The Kier molecular flexibility index (Phi) is 6.44. The number of carbonyl (C=O) groups is 1. The molecule has 4 rings (SSSR count). The van der Waals surface area contributed by atoms with Crippen molar-refractivity contribution in [3.63, 3.8) is 0 Å². The molecule has 2 aromatic carbocycles. The SMILES string of the molecule is Cc1ccc(-c2cnc(SC(C)C(=O)N(C)C3CCS(=O)(=O)C3)n2-c2ccccc2)cc1. The summed E-state index contributed by atoms with van der Waals surface area (Å²) < 4.78 is 25.7. The number of aryl methyl sites for hydroxylation is 1. The van der Waals surface area contributed by atoms with Crippen LogP contribution in [0.3, 0.4) is 0 Å². The molecule has 8 heteroatoms. The number of aromatic nitrogens is 2. The van der Waals surface area contributed by atoms with Gasteiger partial charge in [-0.3, -0.25) is 9.36 Å². The number of imidazole rings is 1. The highest BCUT2D eigenvalue weighted by atomic mass is 32.2. The van der Waals surface area contributed by atoms with Gasteiger partial charge in [0.2, 0.25) is 5.91 Å². The lowest BCUT2D eigenvalue weighted by Crippen LogP contribution is -2.41. The molecule has 0 bridgehead atoms. The first-order valence-corrected chi connectivity index (χ1v) is 13.3. The largest absolute Gasteiger partial charge is 0.341 e. The lowest BCUT2D eigenvalue weighted by Gasteiger charge is -2.26. The highest BCUT2D eigenvalue weighted by Gasteiger charge is 2.34. The fraction of sp³-hybridized carbons (Fsp3) is 0.333. The van der Waals surface area contributed by atoms with Gasteiger partial charge in [0, 0.05) is 24.3 Å². The fourth-order valence-corrected chi connectivity index (χ4v) is 6.71. The van der Waals surface area contributed by atoms with Crippen molar-refractivity contribution in [1.82, 2.24) is 14.5 Å². The maximum atomic E-state index is 13.1. The molecule has 2 unspecified atom stereocenters. The molecule has 1 aliphatic rings. The Morgan fingerprint density at radius 3 is 2.47 bits per heavy atom. The van der Waals surface area contributed by atoms with Crippen molar-refractivity contribution >= 4 is 27.5 Å². The fourth-order valence-electron chi connectivity index (χ4n) is 3.93. The van der Waals surface area contributed by atoms with Crippen LogP contribution in [0.15, 0.2) is 66.0 Å². The molecule has 1 saturated heterocycles. The van der Waals surface area contributed by atoms with E-state index in [9.17, 15) is 13.2 Å². The Labute approximate surface area is 193 Å². The summed E-state index contributed by atoms with van der Waals surface area (Å²) in [5.41, 5.74) is 4.16. The van der Waals surface area contributed by atoms with Gasteiger partial charge in [0.25, 0.3) is 0 Å². The molecule has 168 valence electrons. The third-order valence-electron chi connectivity index (χ3n) is 5.82. The van der Waals surface area contributed by atoms with Gasteiger partial charge in [-0.15, -0.1) is 0 Å². The van der Waals surface area contributed by atoms with Gasteiger partial charge in [-0.2, -0.15) is 0 Å². The number of hydrogen-bond donors (Lipinski definition) is 0. The summed E-state index contributed by atoms with van der Waals surface area (Å²) in [6.45, 7) is 3.90. The van der Waals surface area contributed by atoms with Gasteiger partial charge in [-0.1, -0.05) is 59.8 Å². The Balaban J connectivity index is 1.62. The van der Waals surface area contributed by atoms with Crippen molar-refractivity contribution in [2.75, 3.05) is 18.6 Å². The van der Waals surface area contributed by atoms with E-state index in [4.69, 9.17) is 0 Å². The highest BCUT2D eigenvalue weighted by Crippen LogP contribution is 2.32. The Morgan fingerprint density at radius 2 is 1.84 bits per heavy atom. The first-order valence-electron chi connectivity index (χ1n) is 10.6. The quantitative estimate of drug-likeness (QED) is 0.511. The van der Waals surface area contributed by atoms with Crippen molar-refractivity contribution in [3.8, 4) is 16.9 Å². The standard InChI is InChI=1S/C24H27N3O3S2/c1-17-9-11-19(12-10-17)22-15-25-24(27(22)20-7-5-4-6-8-20)31-18(2)23(28)26(3)21-13-14-32(29,30)16-21/h4-12,15,18,21H,13-14,16H2,1-3H3. The van der Waals surface area contributed by atoms with Crippen LogP contribution in [0.25, 0.3) is 16.9 Å². The summed E-state index contributed by atoms with van der Waals surface area (Å²) >= 11 is 1.39. The lowest BCUT2D eigenvalue weighted by atomic mass is 10.1. The number of amides is 1. The molecular weight excluding hydrogens is 442 g/mol. The van der Waals surface area contributed by atoms with Crippen LogP contribution in [0.2, 0.25) is 0 Å². The average Bonchev–Trinajstić information content (AvgIpc) is 3.36. The molecule has 0 radical (unpaired) electrons. The summed E-state index contributed by atoms with van der Waals surface area (Å²) in [6, 6.07) is 18.0. The number of para-hydroxylation sites is 1. The van der Waals surface area contributed by atoms with Gasteiger partial charge in [-0.05, 0) is 32.4 Å². The zero-order chi connectivity index (χ0) is 22.9. The molecule has 3 aromatic rings. The van der Waals surface area contributed by atoms with Gasteiger partial charge in [-0.25, -0.2) is 13.4 Å². The van der Waals surface area contributed by atoms with Crippen molar-refractivity contribution in [3.05, 3.63) is 66.4 Å². The minimum atomic E-state index is -3.05. The van der Waals surface area contributed by atoms with E-state index in [2.05, 4.69) is 40.7 Å². The molecule has 2 atom stereocenters. The summed E-state index contributed by atoms with van der Waals surface area (Å²) in [5.74, 6) is 0.106. The first kappa shape index (κ1) is 22.6. The normalized spacial score (nSPS) is 18.4. The van der Waals surface area contributed by atoms with E-state index in [0.717, 1.165) is 22.1 Å². The zero-order valence-corrected chi connectivity index (χ0v) is 20.1. The first-order chi connectivity index (χ1) is 15.2. The molecule has 1 fully saturated rings. The zero-order valence-electron chi connectivity index (χ0n) is 18.4. The number of carbonyl (C=O) groups excluding carboxylic acids is 1. The van der Waals surface area contributed by atoms with Crippen LogP contribution in [0.4, 0.5) is 0 Å². The van der Waals surface area contributed by atoms with Crippen molar-refractivity contribution in [2.24, 2.45) is 0 Å². The summed E-state index contributed by atoms with van der Waals surface area (Å²) in [5, 5.41) is 0.319. The van der Waals surface area contributed by atoms with E-state index in [0.29, 0.717) is 6.42 Å². The molecule has 1 amide bonds. The van der Waals surface area contributed by atoms with E-state index < -0.39 is 15.1 Å². The second-order valence-electron chi connectivity index (χ2n) is 8.23. The van der Waals surface area contributed by atoms with Gasteiger partial charge < -0.3 is 4.90 Å². The van der Waals surface area contributed by atoms with Gasteiger partial charge in [0.15, 0.2) is 15.0 Å². The van der Waals surface area contributed by atoms with Crippen LogP contribution in [-0.2, 0) is 14.6 Å². The summed E-state index contributed by atoms with van der Waals surface area (Å²) in [4.78, 5) is 19.3. The molecule has 1 aliphatic heterocycles. The average molecular weight is 470 g/mol. The Morgan fingerprint density at radius 1 is 1.16 bits per heavy atom. The van der Waals surface area contributed by atoms with Crippen molar-refractivity contribution < 1.29 is 13.2 Å². The van der Waals surface area contributed by atoms with Crippen LogP contribution in [0.1, 0.15) is 18.9 Å². The topological polar surface area (TPSA) is 72.3 Å². The van der Waals surface area contributed by atoms with Crippen molar-refractivity contribution in [1.29, 1.82) is 0 Å². The number of hydrogen-bond acceptors (Lipinski definition) is 5. The summed E-state index contributed by atoms with van der Waals surface area (Å²) in [7, 11) is -1.35. The molecule has 1 aromatic heterocycles. The van der Waals surface area contributed by atoms with Gasteiger partial charge in [0.1, 0.15) is 0 Å². The second-order valence-corrected chi connectivity index (χ2v) is 11.8. The lowest BCUT2D eigenvalue weighted by molar-refractivity contribution is -0.130. The monoisotopic (exact) mass is 469 g/mol. The molecule has 0 N–H and O–H groups in total. The number of sulfone groups is 1. The molecular formula is C24H27N3O3S2. The van der Waals surface area contributed by atoms with Gasteiger partial charge in [0.05, 0.1) is 28.6 Å². The second kappa shape index (κ2) is 9.11. The van der Waals surface area contributed by atoms with Crippen LogP contribution < -0.4 is 0 Å². The third kappa shape index (κ3) is 4.76. The van der Waals surface area contributed by atoms with Gasteiger partial charge >= 0.3 is 0 Å². The maximum Gasteiger partial charge on any atom is 0.235 e. The van der Waals surface area contributed by atoms with E-state index in [1.807, 2.05) is 43.5 Å². The van der Waals surface area contributed by atoms with E-state index in [1.54, 1.807) is 11.9 Å². The third-order valence-corrected chi connectivity index (χ3v) is 8.63. The Bertz CT molecular complexity index is 1210. The molecule has 0 aliphatic carbocycles. The minimum Gasteiger partial charge on any atom is -0.341 e. The number of rotatable bonds is 6. The van der Waals surface area contributed by atoms with Crippen LogP contribution in [0, 0.1) is 6.92 Å². The number of benzene rings is 2. The maximum absolute atomic E-state index is 13.1. The highest BCUT2D eigenvalue weighted by molar-refractivity contribution is 8.00. The van der Waals surface area contributed by atoms with Crippen LogP contribution >= 0.6 is 11.8 Å². The molecule has 6 nitrogen and oxygen atoms in total. The van der Waals surface area contributed by atoms with Crippen molar-refractivity contribution in [2.45, 2.75) is 36.7 Å². The number of nitrogens with zero attached hydrogens (tertiary/aromatic N) is 3. The predicted octanol–water partition coefficient (Wildman–Crippen LogP) is 3.97. The minimum absolute atomic E-state index is 0.0445. The van der Waals surface area contributed by atoms with Crippen LogP contribution in [-0.4, -0.2) is 58.6 Å².